The SMILES string of the molecule is CC1(C)CC(N)(CO)CO1. The first-order valence-electron chi connectivity index (χ1n) is 3.51. The number of aliphatic hydroxyl groups is 1. The molecule has 1 unspecified atom stereocenters. The van der Waals surface area contributed by atoms with Crippen molar-refractivity contribution in [3.8, 4) is 0 Å². The molecule has 0 amide bonds. The van der Waals surface area contributed by atoms with Crippen molar-refractivity contribution in [3.63, 3.8) is 0 Å². The largest absolute Gasteiger partial charge is 0.394 e. The Labute approximate surface area is 61.2 Å². The third-order valence-corrected chi connectivity index (χ3v) is 1.84. The molecule has 0 aliphatic carbocycles. The van der Waals surface area contributed by atoms with Gasteiger partial charge in [0.1, 0.15) is 0 Å². The first-order valence-corrected chi connectivity index (χ1v) is 3.51. The van der Waals surface area contributed by atoms with E-state index in [4.69, 9.17) is 15.6 Å². The van der Waals surface area contributed by atoms with Crippen molar-refractivity contribution in [2.45, 2.75) is 31.4 Å². The van der Waals surface area contributed by atoms with Crippen molar-refractivity contribution in [3.05, 3.63) is 0 Å². The van der Waals surface area contributed by atoms with Gasteiger partial charge in [-0.05, 0) is 20.3 Å². The van der Waals surface area contributed by atoms with Gasteiger partial charge in [0.25, 0.3) is 0 Å². The fourth-order valence-electron chi connectivity index (χ4n) is 1.39. The van der Waals surface area contributed by atoms with E-state index in [2.05, 4.69) is 0 Å². The lowest BCUT2D eigenvalue weighted by molar-refractivity contribution is 0.0324. The molecule has 1 heterocycles. The molecule has 1 aliphatic heterocycles. The van der Waals surface area contributed by atoms with E-state index >= 15 is 0 Å². The topological polar surface area (TPSA) is 55.5 Å². The summed E-state index contributed by atoms with van der Waals surface area (Å²) in [5.74, 6) is 0. The van der Waals surface area contributed by atoms with Crippen LogP contribution in [0, 0.1) is 0 Å². The van der Waals surface area contributed by atoms with E-state index in [0.29, 0.717) is 6.61 Å². The van der Waals surface area contributed by atoms with Crippen molar-refractivity contribution in [2.75, 3.05) is 13.2 Å². The Balaban J connectivity index is 2.57. The zero-order valence-corrected chi connectivity index (χ0v) is 6.55. The zero-order valence-electron chi connectivity index (χ0n) is 6.55. The minimum atomic E-state index is -0.497. The molecule has 60 valence electrons. The molecular formula is C7H15NO2. The molecule has 1 rings (SSSR count). The molecule has 1 atom stereocenters. The van der Waals surface area contributed by atoms with Crippen LogP contribution < -0.4 is 5.73 Å². The summed E-state index contributed by atoms with van der Waals surface area (Å²) in [6, 6.07) is 0. The Kier molecular flexibility index (Phi) is 1.75. The number of rotatable bonds is 1. The van der Waals surface area contributed by atoms with E-state index in [-0.39, 0.29) is 12.2 Å². The summed E-state index contributed by atoms with van der Waals surface area (Å²) < 4.78 is 5.36. The highest BCUT2D eigenvalue weighted by Crippen LogP contribution is 2.29. The highest BCUT2D eigenvalue weighted by Gasteiger charge is 2.40. The fourth-order valence-corrected chi connectivity index (χ4v) is 1.39. The van der Waals surface area contributed by atoms with Crippen LogP contribution in [0.1, 0.15) is 20.3 Å². The van der Waals surface area contributed by atoms with Crippen LogP contribution >= 0.6 is 0 Å². The molecule has 10 heavy (non-hydrogen) atoms. The molecule has 3 N–H and O–H groups in total. The summed E-state index contributed by atoms with van der Waals surface area (Å²) in [5.41, 5.74) is 5.11. The van der Waals surface area contributed by atoms with E-state index in [0.717, 1.165) is 6.42 Å². The predicted molar refractivity (Wildman–Crippen MR) is 38.7 cm³/mol. The molecule has 3 nitrogen and oxygen atoms in total. The van der Waals surface area contributed by atoms with Crippen molar-refractivity contribution in [1.82, 2.24) is 0 Å². The highest BCUT2D eigenvalue weighted by molar-refractivity contribution is 4.96. The minimum Gasteiger partial charge on any atom is -0.394 e. The lowest BCUT2D eigenvalue weighted by atomic mass is 9.92. The molecule has 0 aromatic carbocycles. The molecule has 3 heteroatoms. The molecule has 0 saturated carbocycles. The molecule has 0 bridgehead atoms. The average molecular weight is 145 g/mol. The van der Waals surface area contributed by atoms with Gasteiger partial charge in [-0.2, -0.15) is 0 Å². The summed E-state index contributed by atoms with van der Waals surface area (Å²) in [6.07, 6.45) is 0.733. The van der Waals surface area contributed by atoms with Crippen LogP contribution in [0.25, 0.3) is 0 Å². The third kappa shape index (κ3) is 1.48. The van der Waals surface area contributed by atoms with E-state index in [1.54, 1.807) is 0 Å². The van der Waals surface area contributed by atoms with Gasteiger partial charge in [-0.3, -0.25) is 0 Å². The second kappa shape index (κ2) is 2.19. The summed E-state index contributed by atoms with van der Waals surface area (Å²) in [5, 5.41) is 8.85. The lowest BCUT2D eigenvalue weighted by Crippen LogP contribution is -2.44. The van der Waals surface area contributed by atoms with Gasteiger partial charge in [0.05, 0.1) is 24.4 Å². The minimum absolute atomic E-state index is 0.0103. The van der Waals surface area contributed by atoms with E-state index < -0.39 is 5.54 Å². The van der Waals surface area contributed by atoms with Gasteiger partial charge in [0.15, 0.2) is 0 Å². The molecule has 1 aliphatic rings. The summed E-state index contributed by atoms with van der Waals surface area (Å²) in [4.78, 5) is 0. The number of hydrogen-bond acceptors (Lipinski definition) is 3. The van der Waals surface area contributed by atoms with Crippen LogP contribution in [0.15, 0.2) is 0 Å². The number of nitrogens with two attached hydrogens (primary N) is 1. The Morgan fingerprint density at radius 1 is 1.60 bits per heavy atom. The van der Waals surface area contributed by atoms with Gasteiger partial charge in [-0.1, -0.05) is 0 Å². The van der Waals surface area contributed by atoms with E-state index in [9.17, 15) is 0 Å². The second-order valence-electron chi connectivity index (χ2n) is 3.75. The molecule has 1 saturated heterocycles. The van der Waals surface area contributed by atoms with Crippen LogP contribution in [-0.4, -0.2) is 29.5 Å². The van der Waals surface area contributed by atoms with Crippen LogP contribution in [-0.2, 0) is 4.74 Å². The molecule has 0 radical (unpaired) electrons. The smallest absolute Gasteiger partial charge is 0.0677 e. The Hall–Kier alpha value is -0.120. The first kappa shape index (κ1) is 7.98. The average Bonchev–Trinajstić information content (AvgIpc) is 2.08. The normalized spacial score (nSPS) is 38.4. The quantitative estimate of drug-likeness (QED) is 0.540. The van der Waals surface area contributed by atoms with Crippen LogP contribution in [0.3, 0.4) is 0 Å². The van der Waals surface area contributed by atoms with Crippen molar-refractivity contribution in [2.24, 2.45) is 5.73 Å². The van der Waals surface area contributed by atoms with Crippen molar-refractivity contribution in [1.29, 1.82) is 0 Å². The van der Waals surface area contributed by atoms with Crippen molar-refractivity contribution < 1.29 is 9.84 Å². The Morgan fingerprint density at radius 2 is 2.20 bits per heavy atom. The standard InChI is InChI=1S/C7H15NO2/c1-6(2)3-7(8,4-9)5-10-6/h9H,3-5,8H2,1-2H3. The Morgan fingerprint density at radius 3 is 2.40 bits per heavy atom. The Bertz CT molecular complexity index is 136. The monoisotopic (exact) mass is 145 g/mol. The second-order valence-corrected chi connectivity index (χ2v) is 3.75. The van der Waals surface area contributed by atoms with Crippen LogP contribution in [0.4, 0.5) is 0 Å². The molecule has 0 aromatic rings. The molecule has 0 aromatic heterocycles. The van der Waals surface area contributed by atoms with Crippen LogP contribution in [0.2, 0.25) is 0 Å². The summed E-state index contributed by atoms with van der Waals surface area (Å²) in [7, 11) is 0. The summed E-state index contributed by atoms with van der Waals surface area (Å²) >= 11 is 0. The van der Waals surface area contributed by atoms with Gasteiger partial charge in [-0.25, -0.2) is 0 Å². The van der Waals surface area contributed by atoms with Gasteiger partial charge < -0.3 is 15.6 Å². The molecular weight excluding hydrogens is 130 g/mol. The maximum absolute atomic E-state index is 8.85. The van der Waals surface area contributed by atoms with Gasteiger partial charge >= 0.3 is 0 Å². The number of aliphatic hydroxyl groups excluding tert-OH is 1. The van der Waals surface area contributed by atoms with Gasteiger partial charge in [-0.15, -0.1) is 0 Å². The van der Waals surface area contributed by atoms with Crippen molar-refractivity contribution >= 4 is 0 Å². The maximum atomic E-state index is 8.85. The zero-order chi connectivity index (χ0) is 7.83. The fraction of sp³-hybridized carbons (Fsp3) is 1.00. The van der Waals surface area contributed by atoms with Gasteiger partial charge in [0, 0.05) is 0 Å². The summed E-state index contributed by atoms with van der Waals surface area (Å²) in [6.45, 7) is 4.45. The lowest BCUT2D eigenvalue weighted by Gasteiger charge is -2.20. The highest BCUT2D eigenvalue weighted by atomic mass is 16.5. The van der Waals surface area contributed by atoms with E-state index in [1.165, 1.54) is 0 Å². The predicted octanol–water partition coefficient (Wildman–Crippen LogP) is -0.125. The van der Waals surface area contributed by atoms with Crippen LogP contribution in [0.5, 0.6) is 0 Å². The maximum Gasteiger partial charge on any atom is 0.0677 e. The first-order chi connectivity index (χ1) is 4.47. The van der Waals surface area contributed by atoms with Gasteiger partial charge in [0.2, 0.25) is 0 Å². The molecule has 0 spiro atoms. The number of hydrogen-bond donors (Lipinski definition) is 2. The number of ether oxygens (including phenoxy) is 1. The van der Waals surface area contributed by atoms with E-state index in [1.807, 2.05) is 13.8 Å². The molecule has 1 fully saturated rings. The third-order valence-electron chi connectivity index (χ3n) is 1.84.